The number of ether oxygens (including phenoxy) is 1. The molecule has 0 spiro atoms. The van der Waals surface area contributed by atoms with E-state index in [4.69, 9.17) is 14.7 Å². The number of aryl methyl sites for hydroxylation is 1. The van der Waals surface area contributed by atoms with E-state index in [0.717, 1.165) is 10.9 Å². The van der Waals surface area contributed by atoms with Gasteiger partial charge in [0.25, 0.3) is 0 Å². The van der Waals surface area contributed by atoms with Crippen molar-refractivity contribution in [3.8, 4) is 5.75 Å². The third kappa shape index (κ3) is 3.39. The van der Waals surface area contributed by atoms with Gasteiger partial charge in [-0.1, -0.05) is 12.0 Å². The minimum atomic E-state index is -0.886. The number of azide groups is 1. The molecule has 1 aromatic carbocycles. The molecule has 0 amide bonds. The molecule has 1 aromatic heterocycles. The van der Waals surface area contributed by atoms with Crippen LogP contribution in [0.3, 0.4) is 0 Å². The van der Waals surface area contributed by atoms with Crippen molar-refractivity contribution in [3.63, 3.8) is 0 Å². The number of nitrogens with zero attached hydrogens (tertiary/aromatic N) is 3. The number of hydrogen-bond donors (Lipinski definition) is 1. The molecule has 0 saturated carbocycles. The molecule has 2 aromatic rings. The molecule has 7 heteroatoms. The van der Waals surface area contributed by atoms with Gasteiger partial charge in [-0.05, 0) is 36.6 Å². The lowest BCUT2D eigenvalue weighted by molar-refractivity contribution is 0.114. The topological polar surface area (TPSA) is 108 Å². The SMILES string of the molecule is CCc1c(C)c2ccc(OCC(O)CN=[N+]=[N-])cc2oc1=O. The van der Waals surface area contributed by atoms with Gasteiger partial charge in [-0.15, -0.1) is 0 Å². The molecule has 0 saturated heterocycles. The third-order valence-electron chi connectivity index (χ3n) is 3.41. The van der Waals surface area contributed by atoms with Crippen LogP contribution in [0.4, 0.5) is 0 Å². The number of hydrogen-bond acceptors (Lipinski definition) is 5. The van der Waals surface area contributed by atoms with Gasteiger partial charge in [-0.2, -0.15) is 0 Å². The lowest BCUT2D eigenvalue weighted by Crippen LogP contribution is -2.20. The van der Waals surface area contributed by atoms with Gasteiger partial charge < -0.3 is 14.3 Å². The first-order chi connectivity index (χ1) is 10.6. The largest absolute Gasteiger partial charge is 0.491 e. The molecule has 0 aliphatic heterocycles. The zero-order chi connectivity index (χ0) is 16.1. The molecular weight excluding hydrogens is 286 g/mol. The van der Waals surface area contributed by atoms with Crippen molar-refractivity contribution in [3.05, 3.63) is 50.2 Å². The van der Waals surface area contributed by atoms with Crippen molar-refractivity contribution in [1.29, 1.82) is 0 Å². The van der Waals surface area contributed by atoms with Gasteiger partial charge in [-0.25, -0.2) is 4.79 Å². The average molecular weight is 303 g/mol. The van der Waals surface area contributed by atoms with Crippen molar-refractivity contribution < 1.29 is 14.3 Å². The maximum atomic E-state index is 11.9. The van der Waals surface area contributed by atoms with E-state index in [-0.39, 0.29) is 18.8 Å². The first kappa shape index (κ1) is 15.9. The number of rotatable bonds is 6. The Morgan fingerprint density at radius 2 is 2.27 bits per heavy atom. The Bertz CT molecular complexity index is 778. The molecule has 0 aliphatic carbocycles. The summed E-state index contributed by atoms with van der Waals surface area (Å²) in [5.41, 5.74) is 9.86. The van der Waals surface area contributed by atoms with Gasteiger partial charge in [0.05, 0.1) is 12.6 Å². The highest BCUT2D eigenvalue weighted by atomic mass is 16.5. The van der Waals surface area contributed by atoms with E-state index >= 15 is 0 Å². The molecule has 1 unspecified atom stereocenters. The van der Waals surface area contributed by atoms with Crippen LogP contribution < -0.4 is 10.4 Å². The van der Waals surface area contributed by atoms with Crippen molar-refractivity contribution in [2.24, 2.45) is 5.11 Å². The lowest BCUT2D eigenvalue weighted by Gasteiger charge is -2.11. The Labute approximate surface area is 126 Å². The summed E-state index contributed by atoms with van der Waals surface area (Å²) >= 11 is 0. The number of aliphatic hydroxyl groups excluding tert-OH is 1. The Hall–Kier alpha value is -2.50. The second-order valence-electron chi connectivity index (χ2n) is 4.88. The Morgan fingerprint density at radius 1 is 1.50 bits per heavy atom. The highest BCUT2D eigenvalue weighted by Gasteiger charge is 2.11. The van der Waals surface area contributed by atoms with Crippen molar-refractivity contribution in [1.82, 2.24) is 0 Å². The summed E-state index contributed by atoms with van der Waals surface area (Å²) in [6.07, 6.45) is -0.267. The van der Waals surface area contributed by atoms with E-state index in [2.05, 4.69) is 10.0 Å². The number of fused-ring (bicyclic) bond motifs is 1. The quantitative estimate of drug-likeness (QED) is 0.383. The fraction of sp³-hybridized carbons (Fsp3) is 0.400. The van der Waals surface area contributed by atoms with Gasteiger partial charge in [0.2, 0.25) is 0 Å². The Morgan fingerprint density at radius 3 is 2.95 bits per heavy atom. The second kappa shape index (κ2) is 6.98. The van der Waals surface area contributed by atoms with Crippen LogP contribution in [0.25, 0.3) is 21.4 Å². The zero-order valence-corrected chi connectivity index (χ0v) is 12.4. The van der Waals surface area contributed by atoms with E-state index in [1.807, 2.05) is 19.9 Å². The summed E-state index contributed by atoms with van der Waals surface area (Å²) in [7, 11) is 0. The van der Waals surface area contributed by atoms with Crippen LogP contribution in [0.2, 0.25) is 0 Å². The lowest BCUT2D eigenvalue weighted by atomic mass is 10.0. The molecule has 0 fully saturated rings. The molecule has 1 atom stereocenters. The van der Waals surface area contributed by atoms with Gasteiger partial charge in [0.15, 0.2) is 0 Å². The molecule has 2 rings (SSSR count). The number of aliphatic hydroxyl groups is 1. The van der Waals surface area contributed by atoms with Crippen molar-refractivity contribution in [2.45, 2.75) is 26.4 Å². The molecule has 7 nitrogen and oxygen atoms in total. The molecule has 116 valence electrons. The molecule has 1 heterocycles. The summed E-state index contributed by atoms with van der Waals surface area (Å²) in [6.45, 7) is 3.73. The maximum absolute atomic E-state index is 11.9. The van der Waals surface area contributed by atoms with Crippen LogP contribution in [-0.4, -0.2) is 24.4 Å². The minimum absolute atomic E-state index is 0.0131. The van der Waals surface area contributed by atoms with Crippen LogP contribution in [0, 0.1) is 6.92 Å². The van der Waals surface area contributed by atoms with Crippen molar-refractivity contribution >= 4 is 11.0 Å². The van der Waals surface area contributed by atoms with Gasteiger partial charge >= 0.3 is 5.63 Å². The zero-order valence-electron chi connectivity index (χ0n) is 12.4. The van der Waals surface area contributed by atoms with Crippen LogP contribution in [0.5, 0.6) is 5.75 Å². The molecular formula is C15H17N3O4. The highest BCUT2D eigenvalue weighted by molar-refractivity contribution is 5.82. The summed E-state index contributed by atoms with van der Waals surface area (Å²) in [4.78, 5) is 14.5. The van der Waals surface area contributed by atoms with E-state index in [0.29, 0.717) is 23.3 Å². The minimum Gasteiger partial charge on any atom is -0.491 e. The first-order valence-corrected chi connectivity index (χ1v) is 6.94. The standard InChI is InChI=1S/C15H17N3O4/c1-3-12-9(2)13-5-4-11(6-14(13)22-15(12)20)21-8-10(19)7-17-18-16/h4-6,10,19H,3,7-8H2,1-2H3. The molecule has 0 aliphatic rings. The monoisotopic (exact) mass is 303 g/mol. The second-order valence-corrected chi connectivity index (χ2v) is 4.88. The van der Waals surface area contributed by atoms with E-state index in [1.54, 1.807) is 12.1 Å². The summed E-state index contributed by atoms with van der Waals surface area (Å²) in [5.74, 6) is 0.472. The van der Waals surface area contributed by atoms with Crippen LogP contribution in [0.1, 0.15) is 18.1 Å². The van der Waals surface area contributed by atoms with E-state index in [1.165, 1.54) is 0 Å². The number of benzene rings is 1. The van der Waals surface area contributed by atoms with Crippen molar-refractivity contribution in [2.75, 3.05) is 13.2 Å². The molecule has 1 N–H and O–H groups in total. The van der Waals surface area contributed by atoms with Crippen LogP contribution in [-0.2, 0) is 6.42 Å². The fourth-order valence-corrected chi connectivity index (χ4v) is 2.25. The van der Waals surface area contributed by atoms with Gasteiger partial charge in [0.1, 0.15) is 17.9 Å². The van der Waals surface area contributed by atoms with Crippen LogP contribution >= 0.6 is 0 Å². The summed E-state index contributed by atoms with van der Waals surface area (Å²) in [6, 6.07) is 5.18. The summed E-state index contributed by atoms with van der Waals surface area (Å²) < 4.78 is 10.7. The maximum Gasteiger partial charge on any atom is 0.339 e. The average Bonchev–Trinajstić information content (AvgIpc) is 2.51. The van der Waals surface area contributed by atoms with Gasteiger partial charge in [-0.3, -0.25) is 0 Å². The summed E-state index contributed by atoms with van der Waals surface area (Å²) in [5, 5.41) is 13.7. The molecule has 0 radical (unpaired) electrons. The predicted molar refractivity (Wildman–Crippen MR) is 82.1 cm³/mol. The Balaban J connectivity index is 2.24. The van der Waals surface area contributed by atoms with Gasteiger partial charge in [0, 0.05) is 21.9 Å². The van der Waals surface area contributed by atoms with E-state index < -0.39 is 6.10 Å². The first-order valence-electron chi connectivity index (χ1n) is 6.94. The molecule has 0 bridgehead atoms. The van der Waals surface area contributed by atoms with E-state index in [9.17, 15) is 9.90 Å². The smallest absolute Gasteiger partial charge is 0.339 e. The highest BCUT2D eigenvalue weighted by Crippen LogP contribution is 2.24. The molecule has 22 heavy (non-hydrogen) atoms. The Kier molecular flexibility index (Phi) is 5.04. The third-order valence-corrected chi connectivity index (χ3v) is 3.41. The van der Waals surface area contributed by atoms with Crippen LogP contribution in [0.15, 0.2) is 32.5 Å². The predicted octanol–water partition coefficient (Wildman–Crippen LogP) is 2.71. The normalized spacial score (nSPS) is 12.0. The fourth-order valence-electron chi connectivity index (χ4n) is 2.25.